The molecule has 1 fully saturated rings. The van der Waals surface area contributed by atoms with Crippen LogP contribution in [0.2, 0.25) is 0 Å². The second-order valence-electron chi connectivity index (χ2n) is 9.90. The van der Waals surface area contributed by atoms with Crippen LogP contribution in [0.4, 0.5) is 0 Å². The number of nitrogens with zero attached hydrogens (tertiary/aromatic N) is 2. The summed E-state index contributed by atoms with van der Waals surface area (Å²) >= 11 is 0. The Hall–Kier alpha value is -2.42. The van der Waals surface area contributed by atoms with E-state index in [1.807, 2.05) is 0 Å². The molecule has 2 aromatic carbocycles. The standard InChI is InChI=1S/C30H40N2O/c1-3-5-7-9-23-11-15-25(16-12-23)26-19-21-27(22-20-26)29-31-30(33-32-29)28-17-13-24(14-18-28)10-8-6-4-2/h11-12,15-16,19-22,24,28H,3-10,13-14,17-18H2,1-2H3. The zero-order valence-corrected chi connectivity index (χ0v) is 20.6. The SMILES string of the molecule is CCCCCc1ccc(-c2ccc(-c3noc(C4CCC(CCCCC)CC4)n3)cc2)cc1. The van der Waals surface area contributed by atoms with Crippen molar-refractivity contribution in [3.8, 4) is 22.5 Å². The average Bonchev–Trinajstić information content (AvgIpc) is 3.36. The maximum absolute atomic E-state index is 5.70. The van der Waals surface area contributed by atoms with Crippen LogP contribution in [0.1, 0.15) is 102 Å². The lowest BCUT2D eigenvalue weighted by atomic mass is 9.79. The van der Waals surface area contributed by atoms with E-state index in [0.29, 0.717) is 11.7 Å². The van der Waals surface area contributed by atoms with Crippen LogP contribution in [-0.4, -0.2) is 10.1 Å². The van der Waals surface area contributed by atoms with E-state index in [4.69, 9.17) is 9.51 Å². The number of unbranched alkanes of at least 4 members (excludes halogenated alkanes) is 4. The number of hydrogen-bond donors (Lipinski definition) is 0. The van der Waals surface area contributed by atoms with E-state index in [2.05, 4.69) is 67.5 Å². The Morgan fingerprint density at radius 2 is 1.33 bits per heavy atom. The third kappa shape index (κ3) is 6.56. The largest absolute Gasteiger partial charge is 0.339 e. The minimum absolute atomic E-state index is 0.434. The van der Waals surface area contributed by atoms with Gasteiger partial charge in [0.05, 0.1) is 0 Å². The highest BCUT2D eigenvalue weighted by Gasteiger charge is 2.26. The van der Waals surface area contributed by atoms with Crippen LogP contribution in [0.25, 0.3) is 22.5 Å². The molecule has 1 saturated carbocycles. The predicted molar refractivity (Wildman–Crippen MR) is 137 cm³/mol. The van der Waals surface area contributed by atoms with Crippen molar-refractivity contribution in [1.29, 1.82) is 0 Å². The van der Waals surface area contributed by atoms with Gasteiger partial charge in [0, 0.05) is 11.5 Å². The van der Waals surface area contributed by atoms with Gasteiger partial charge in [-0.05, 0) is 61.1 Å². The van der Waals surface area contributed by atoms with Crippen molar-refractivity contribution in [2.75, 3.05) is 0 Å². The number of benzene rings is 2. The lowest BCUT2D eigenvalue weighted by Gasteiger charge is -2.26. The molecule has 0 saturated heterocycles. The summed E-state index contributed by atoms with van der Waals surface area (Å²) in [7, 11) is 0. The Labute approximate surface area is 200 Å². The molecule has 3 aromatic rings. The van der Waals surface area contributed by atoms with E-state index >= 15 is 0 Å². The minimum Gasteiger partial charge on any atom is -0.339 e. The van der Waals surface area contributed by atoms with Crippen molar-refractivity contribution in [3.05, 3.63) is 60.0 Å². The topological polar surface area (TPSA) is 38.9 Å². The van der Waals surface area contributed by atoms with Crippen LogP contribution < -0.4 is 0 Å². The Morgan fingerprint density at radius 3 is 2.00 bits per heavy atom. The van der Waals surface area contributed by atoms with E-state index in [1.54, 1.807) is 0 Å². The van der Waals surface area contributed by atoms with E-state index < -0.39 is 0 Å². The van der Waals surface area contributed by atoms with Gasteiger partial charge in [-0.3, -0.25) is 0 Å². The van der Waals surface area contributed by atoms with Gasteiger partial charge in [0.2, 0.25) is 11.7 Å². The monoisotopic (exact) mass is 444 g/mol. The molecule has 0 N–H and O–H groups in total. The first-order chi connectivity index (χ1) is 16.3. The van der Waals surface area contributed by atoms with E-state index in [0.717, 1.165) is 17.4 Å². The second kappa shape index (κ2) is 12.2. The predicted octanol–water partition coefficient (Wildman–Crippen LogP) is 8.99. The molecule has 0 amide bonds. The van der Waals surface area contributed by atoms with Crippen molar-refractivity contribution in [2.24, 2.45) is 5.92 Å². The van der Waals surface area contributed by atoms with Crippen molar-refractivity contribution >= 4 is 0 Å². The Kier molecular flexibility index (Phi) is 8.74. The molecule has 1 aliphatic carbocycles. The smallest absolute Gasteiger partial charge is 0.230 e. The molecule has 0 aliphatic heterocycles. The van der Waals surface area contributed by atoms with Gasteiger partial charge >= 0.3 is 0 Å². The first-order valence-corrected chi connectivity index (χ1v) is 13.3. The highest BCUT2D eigenvalue weighted by Crippen LogP contribution is 2.37. The van der Waals surface area contributed by atoms with E-state index in [-0.39, 0.29) is 0 Å². The first-order valence-electron chi connectivity index (χ1n) is 13.3. The third-order valence-electron chi connectivity index (χ3n) is 7.35. The summed E-state index contributed by atoms with van der Waals surface area (Å²) in [5.41, 5.74) is 4.94. The summed E-state index contributed by atoms with van der Waals surface area (Å²) in [5, 5.41) is 4.30. The molecular weight excluding hydrogens is 404 g/mol. The molecule has 176 valence electrons. The van der Waals surface area contributed by atoms with Crippen LogP contribution in [0.5, 0.6) is 0 Å². The fourth-order valence-corrected chi connectivity index (χ4v) is 5.15. The van der Waals surface area contributed by atoms with Gasteiger partial charge in [0.25, 0.3) is 0 Å². The van der Waals surface area contributed by atoms with Crippen molar-refractivity contribution in [3.63, 3.8) is 0 Å². The number of hydrogen-bond acceptors (Lipinski definition) is 3. The minimum atomic E-state index is 0.434. The summed E-state index contributed by atoms with van der Waals surface area (Å²) in [5.74, 6) is 2.88. The Balaban J connectivity index is 1.33. The van der Waals surface area contributed by atoms with Gasteiger partial charge in [-0.15, -0.1) is 0 Å². The average molecular weight is 445 g/mol. The first kappa shape index (κ1) is 23.7. The van der Waals surface area contributed by atoms with E-state index in [9.17, 15) is 0 Å². The summed E-state index contributed by atoms with van der Waals surface area (Å²) in [6.45, 7) is 4.53. The molecule has 0 atom stereocenters. The highest BCUT2D eigenvalue weighted by molar-refractivity contribution is 5.67. The van der Waals surface area contributed by atoms with Gasteiger partial charge in [-0.25, -0.2) is 0 Å². The molecule has 3 heteroatoms. The summed E-state index contributed by atoms with van der Waals surface area (Å²) < 4.78 is 5.70. The van der Waals surface area contributed by atoms with Gasteiger partial charge in [0.1, 0.15) is 0 Å². The van der Waals surface area contributed by atoms with Crippen molar-refractivity contribution in [1.82, 2.24) is 10.1 Å². The molecule has 0 spiro atoms. The van der Waals surface area contributed by atoms with E-state index in [1.165, 1.54) is 93.7 Å². The van der Waals surface area contributed by atoms with Gasteiger partial charge in [0.15, 0.2) is 0 Å². The molecule has 1 heterocycles. The number of rotatable bonds is 11. The maximum Gasteiger partial charge on any atom is 0.230 e. The quantitative estimate of drug-likeness (QED) is 0.277. The molecule has 0 bridgehead atoms. The molecule has 3 nitrogen and oxygen atoms in total. The molecular formula is C30H40N2O. The van der Waals surface area contributed by atoms with Gasteiger partial charge in [-0.1, -0.05) is 106 Å². The fraction of sp³-hybridized carbons (Fsp3) is 0.533. The van der Waals surface area contributed by atoms with Crippen molar-refractivity contribution in [2.45, 2.75) is 96.8 Å². The third-order valence-corrected chi connectivity index (χ3v) is 7.35. The molecule has 1 aliphatic rings. The van der Waals surface area contributed by atoms with Crippen LogP contribution in [-0.2, 0) is 6.42 Å². The van der Waals surface area contributed by atoms with Crippen LogP contribution in [0, 0.1) is 5.92 Å². The molecule has 0 unspecified atom stereocenters. The number of aryl methyl sites for hydroxylation is 1. The highest BCUT2D eigenvalue weighted by atomic mass is 16.5. The molecule has 0 radical (unpaired) electrons. The van der Waals surface area contributed by atoms with Crippen LogP contribution >= 0.6 is 0 Å². The van der Waals surface area contributed by atoms with Crippen LogP contribution in [0.3, 0.4) is 0 Å². The maximum atomic E-state index is 5.70. The van der Waals surface area contributed by atoms with Gasteiger partial charge in [-0.2, -0.15) is 4.98 Å². The van der Waals surface area contributed by atoms with Crippen LogP contribution in [0.15, 0.2) is 53.1 Å². The zero-order chi connectivity index (χ0) is 22.9. The molecule has 4 rings (SSSR count). The summed E-state index contributed by atoms with van der Waals surface area (Å²) in [6, 6.07) is 17.6. The summed E-state index contributed by atoms with van der Waals surface area (Å²) in [6.07, 6.45) is 15.5. The van der Waals surface area contributed by atoms with Crippen molar-refractivity contribution < 1.29 is 4.52 Å². The number of aromatic nitrogens is 2. The molecule has 33 heavy (non-hydrogen) atoms. The normalized spacial score (nSPS) is 18.5. The fourth-order valence-electron chi connectivity index (χ4n) is 5.15. The second-order valence-corrected chi connectivity index (χ2v) is 9.90. The van der Waals surface area contributed by atoms with Gasteiger partial charge < -0.3 is 4.52 Å². The molecule has 1 aromatic heterocycles. The lowest BCUT2D eigenvalue weighted by molar-refractivity contribution is 0.259. The Bertz CT molecular complexity index is 950. The zero-order valence-electron chi connectivity index (χ0n) is 20.6. The Morgan fingerprint density at radius 1 is 0.727 bits per heavy atom. The summed E-state index contributed by atoms with van der Waals surface area (Å²) in [4.78, 5) is 4.78. The lowest BCUT2D eigenvalue weighted by Crippen LogP contribution is -2.13.